The van der Waals surface area contributed by atoms with Gasteiger partial charge >= 0.3 is 0 Å². The van der Waals surface area contributed by atoms with Crippen LogP contribution < -0.4 is 4.90 Å². The standard InChI is InChI=1S/C22H26N2O2/c25-21-15-18(17-24(21)20-9-5-2-6-10-20)16-23-13-11-22(26,12-14-23)19-7-3-1-4-8-19/h1-10,18,26H,11-17H2. The van der Waals surface area contributed by atoms with Crippen molar-refractivity contribution in [2.75, 3.05) is 31.1 Å². The Labute approximate surface area is 155 Å². The number of hydrogen-bond acceptors (Lipinski definition) is 3. The molecule has 2 aromatic rings. The molecule has 4 rings (SSSR count). The molecular weight excluding hydrogens is 324 g/mol. The topological polar surface area (TPSA) is 43.8 Å². The fourth-order valence-corrected chi connectivity index (χ4v) is 4.27. The van der Waals surface area contributed by atoms with E-state index in [0.29, 0.717) is 12.3 Å². The number of rotatable bonds is 4. The van der Waals surface area contributed by atoms with Crippen LogP contribution in [0.5, 0.6) is 0 Å². The summed E-state index contributed by atoms with van der Waals surface area (Å²) in [6.07, 6.45) is 2.12. The normalized spacial score (nSPS) is 23.3. The molecule has 4 nitrogen and oxygen atoms in total. The molecule has 2 heterocycles. The van der Waals surface area contributed by atoms with Crippen molar-refractivity contribution in [3.63, 3.8) is 0 Å². The lowest BCUT2D eigenvalue weighted by Gasteiger charge is -2.39. The van der Waals surface area contributed by atoms with Gasteiger partial charge in [0.15, 0.2) is 0 Å². The minimum absolute atomic E-state index is 0.221. The fraction of sp³-hybridized carbons (Fsp3) is 0.409. The molecule has 1 unspecified atom stereocenters. The second kappa shape index (κ2) is 7.22. The second-order valence-electron chi connectivity index (χ2n) is 7.61. The SMILES string of the molecule is O=C1CC(CN2CCC(O)(c3ccccc3)CC2)CN1c1ccccc1. The van der Waals surface area contributed by atoms with Crippen LogP contribution in [0, 0.1) is 5.92 Å². The Morgan fingerprint density at radius 2 is 1.58 bits per heavy atom. The van der Waals surface area contributed by atoms with E-state index in [4.69, 9.17) is 0 Å². The molecule has 0 aromatic heterocycles. The van der Waals surface area contributed by atoms with Gasteiger partial charge in [0, 0.05) is 38.3 Å². The predicted molar refractivity (Wildman–Crippen MR) is 103 cm³/mol. The number of benzene rings is 2. The van der Waals surface area contributed by atoms with Crippen LogP contribution in [-0.4, -0.2) is 42.1 Å². The third-order valence-corrected chi connectivity index (χ3v) is 5.78. The number of piperidine rings is 1. The molecule has 0 bridgehead atoms. The smallest absolute Gasteiger partial charge is 0.227 e. The molecule has 1 amide bonds. The van der Waals surface area contributed by atoms with E-state index in [9.17, 15) is 9.90 Å². The first-order valence-corrected chi connectivity index (χ1v) is 9.50. The average Bonchev–Trinajstić information content (AvgIpc) is 3.05. The lowest BCUT2D eigenvalue weighted by atomic mass is 9.84. The van der Waals surface area contributed by atoms with Gasteiger partial charge in [-0.05, 0) is 36.5 Å². The molecule has 2 fully saturated rings. The highest BCUT2D eigenvalue weighted by molar-refractivity contribution is 5.95. The quantitative estimate of drug-likeness (QED) is 0.922. The molecule has 2 aliphatic heterocycles. The van der Waals surface area contributed by atoms with E-state index in [-0.39, 0.29) is 5.91 Å². The number of para-hydroxylation sites is 1. The second-order valence-corrected chi connectivity index (χ2v) is 7.61. The predicted octanol–water partition coefficient (Wildman–Crippen LogP) is 3.02. The average molecular weight is 350 g/mol. The summed E-state index contributed by atoms with van der Waals surface area (Å²) in [5.74, 6) is 0.588. The number of hydrogen-bond donors (Lipinski definition) is 1. The number of anilines is 1. The van der Waals surface area contributed by atoms with Crippen LogP contribution in [0.4, 0.5) is 5.69 Å². The zero-order chi connectivity index (χ0) is 18.0. The van der Waals surface area contributed by atoms with E-state index in [0.717, 1.165) is 50.3 Å². The van der Waals surface area contributed by atoms with Crippen LogP contribution in [0.15, 0.2) is 60.7 Å². The molecule has 1 N–H and O–H groups in total. The van der Waals surface area contributed by atoms with Crippen molar-refractivity contribution in [2.24, 2.45) is 5.92 Å². The van der Waals surface area contributed by atoms with Crippen LogP contribution in [0.2, 0.25) is 0 Å². The van der Waals surface area contributed by atoms with Crippen molar-refractivity contribution in [3.05, 3.63) is 66.2 Å². The minimum atomic E-state index is -0.709. The lowest BCUT2D eigenvalue weighted by Crippen LogP contribution is -2.44. The maximum absolute atomic E-state index is 12.4. The fourth-order valence-electron chi connectivity index (χ4n) is 4.27. The van der Waals surface area contributed by atoms with Crippen LogP contribution >= 0.6 is 0 Å². The molecule has 2 aliphatic rings. The Morgan fingerprint density at radius 3 is 2.23 bits per heavy atom. The van der Waals surface area contributed by atoms with E-state index >= 15 is 0 Å². The van der Waals surface area contributed by atoms with E-state index in [1.54, 1.807) is 0 Å². The van der Waals surface area contributed by atoms with Gasteiger partial charge in [-0.2, -0.15) is 0 Å². The Hall–Kier alpha value is -2.17. The van der Waals surface area contributed by atoms with Crippen molar-refractivity contribution >= 4 is 11.6 Å². The first-order chi connectivity index (χ1) is 12.6. The monoisotopic (exact) mass is 350 g/mol. The highest BCUT2D eigenvalue weighted by Crippen LogP contribution is 2.33. The minimum Gasteiger partial charge on any atom is -0.385 e. The van der Waals surface area contributed by atoms with Gasteiger partial charge in [-0.1, -0.05) is 48.5 Å². The molecule has 26 heavy (non-hydrogen) atoms. The maximum Gasteiger partial charge on any atom is 0.227 e. The molecule has 0 spiro atoms. The van der Waals surface area contributed by atoms with Crippen LogP contribution in [0.1, 0.15) is 24.8 Å². The molecule has 2 saturated heterocycles. The zero-order valence-electron chi connectivity index (χ0n) is 15.1. The van der Waals surface area contributed by atoms with Crippen LogP contribution in [-0.2, 0) is 10.4 Å². The Morgan fingerprint density at radius 1 is 0.962 bits per heavy atom. The molecule has 0 aliphatic carbocycles. The van der Waals surface area contributed by atoms with Gasteiger partial charge in [0.25, 0.3) is 0 Å². The van der Waals surface area contributed by atoms with Gasteiger partial charge in [0.2, 0.25) is 5.91 Å². The number of nitrogens with zero attached hydrogens (tertiary/aromatic N) is 2. The molecule has 0 radical (unpaired) electrons. The number of amides is 1. The first kappa shape index (κ1) is 17.3. The summed E-state index contributed by atoms with van der Waals surface area (Å²) in [4.78, 5) is 16.7. The third-order valence-electron chi connectivity index (χ3n) is 5.78. The Balaban J connectivity index is 1.33. The van der Waals surface area contributed by atoms with Crippen molar-refractivity contribution in [2.45, 2.75) is 24.9 Å². The Bertz CT molecular complexity index is 739. The van der Waals surface area contributed by atoms with Crippen molar-refractivity contribution < 1.29 is 9.90 Å². The van der Waals surface area contributed by atoms with Gasteiger partial charge < -0.3 is 14.9 Å². The zero-order valence-corrected chi connectivity index (χ0v) is 15.1. The summed E-state index contributed by atoms with van der Waals surface area (Å²) in [5.41, 5.74) is 1.31. The Kier molecular flexibility index (Phi) is 4.79. The molecular formula is C22H26N2O2. The van der Waals surface area contributed by atoms with Gasteiger partial charge in [-0.25, -0.2) is 0 Å². The number of aliphatic hydroxyl groups is 1. The highest BCUT2D eigenvalue weighted by atomic mass is 16.3. The van der Waals surface area contributed by atoms with Crippen LogP contribution in [0.25, 0.3) is 0 Å². The maximum atomic E-state index is 12.4. The highest BCUT2D eigenvalue weighted by Gasteiger charge is 2.36. The number of likely N-dealkylation sites (tertiary alicyclic amines) is 1. The summed E-state index contributed by atoms with van der Waals surface area (Å²) in [6, 6.07) is 19.9. The van der Waals surface area contributed by atoms with Gasteiger partial charge in [-0.15, -0.1) is 0 Å². The van der Waals surface area contributed by atoms with E-state index in [2.05, 4.69) is 4.90 Å². The lowest BCUT2D eigenvalue weighted by molar-refractivity contribution is -0.117. The van der Waals surface area contributed by atoms with Crippen molar-refractivity contribution in [1.29, 1.82) is 0 Å². The van der Waals surface area contributed by atoms with Crippen molar-refractivity contribution in [3.8, 4) is 0 Å². The van der Waals surface area contributed by atoms with Gasteiger partial charge in [-0.3, -0.25) is 4.79 Å². The van der Waals surface area contributed by atoms with Crippen molar-refractivity contribution in [1.82, 2.24) is 4.90 Å². The molecule has 0 saturated carbocycles. The largest absolute Gasteiger partial charge is 0.385 e. The first-order valence-electron chi connectivity index (χ1n) is 9.50. The summed E-state index contributed by atoms with van der Waals surface area (Å²) < 4.78 is 0. The van der Waals surface area contributed by atoms with E-state index < -0.39 is 5.60 Å². The summed E-state index contributed by atoms with van der Waals surface area (Å²) >= 11 is 0. The van der Waals surface area contributed by atoms with E-state index in [1.165, 1.54) is 0 Å². The molecule has 1 atom stereocenters. The molecule has 4 heteroatoms. The number of carbonyl (C=O) groups excluding carboxylic acids is 1. The summed E-state index contributed by atoms with van der Waals surface area (Å²) in [6.45, 7) is 3.48. The number of carbonyl (C=O) groups is 1. The van der Waals surface area contributed by atoms with Gasteiger partial charge in [0.1, 0.15) is 0 Å². The summed E-state index contributed by atoms with van der Waals surface area (Å²) in [5, 5.41) is 11.0. The van der Waals surface area contributed by atoms with E-state index in [1.807, 2.05) is 65.6 Å². The third kappa shape index (κ3) is 3.53. The van der Waals surface area contributed by atoms with Gasteiger partial charge in [0.05, 0.1) is 5.60 Å². The molecule has 2 aromatic carbocycles. The van der Waals surface area contributed by atoms with Crippen LogP contribution in [0.3, 0.4) is 0 Å². The summed E-state index contributed by atoms with van der Waals surface area (Å²) in [7, 11) is 0. The molecule has 136 valence electrons.